The van der Waals surface area contributed by atoms with Crippen LogP contribution in [-0.4, -0.2) is 11.9 Å². The summed E-state index contributed by atoms with van der Waals surface area (Å²) in [5.41, 5.74) is 0. The molecule has 4 aliphatic carbocycles. The average molecular weight is 302 g/mol. The van der Waals surface area contributed by atoms with Crippen molar-refractivity contribution >= 4 is 11.9 Å². The summed E-state index contributed by atoms with van der Waals surface area (Å²) in [6, 6.07) is 0. The van der Waals surface area contributed by atoms with Crippen LogP contribution < -0.4 is 0 Å². The number of esters is 2. The van der Waals surface area contributed by atoms with Crippen LogP contribution >= 0.6 is 0 Å². The quantitative estimate of drug-likeness (QED) is 0.447. The second-order valence-electron chi connectivity index (χ2n) is 9.02. The zero-order chi connectivity index (χ0) is 15.2. The number of hydrogen-bond donors (Lipinski definition) is 0. The second kappa shape index (κ2) is 4.36. The maximum atomic E-state index is 11.8. The summed E-state index contributed by atoms with van der Waals surface area (Å²) in [6.45, 7) is 4.95. The Morgan fingerprint density at radius 2 is 1.68 bits per heavy atom. The lowest BCUT2D eigenvalue weighted by molar-refractivity contribution is -0.153. The third kappa shape index (κ3) is 1.58. The van der Waals surface area contributed by atoms with Crippen LogP contribution in [0, 0.1) is 59.2 Å². The Kier molecular flexibility index (Phi) is 2.69. The van der Waals surface area contributed by atoms with Gasteiger partial charge < -0.3 is 4.74 Å². The maximum Gasteiger partial charge on any atom is 0.317 e. The topological polar surface area (TPSA) is 43.4 Å². The minimum atomic E-state index is -0.307. The molecule has 22 heavy (non-hydrogen) atoms. The van der Waals surface area contributed by atoms with Gasteiger partial charge in [0, 0.05) is 0 Å². The first kappa shape index (κ1) is 13.6. The second-order valence-corrected chi connectivity index (χ2v) is 9.02. The Morgan fingerprint density at radius 1 is 0.955 bits per heavy atom. The Bertz CT molecular complexity index is 541. The van der Waals surface area contributed by atoms with Gasteiger partial charge in [-0.2, -0.15) is 0 Å². The molecule has 10 atom stereocenters. The van der Waals surface area contributed by atoms with E-state index in [1.165, 1.54) is 19.3 Å². The van der Waals surface area contributed by atoms with Crippen LogP contribution in [0.4, 0.5) is 0 Å². The van der Waals surface area contributed by atoms with Gasteiger partial charge in [0.15, 0.2) is 0 Å². The van der Waals surface area contributed by atoms with Gasteiger partial charge in [-0.05, 0) is 78.9 Å². The van der Waals surface area contributed by atoms with Gasteiger partial charge in [-0.15, -0.1) is 0 Å². The molecular formula is C19H26O3. The van der Waals surface area contributed by atoms with Gasteiger partial charge in [0.1, 0.15) is 0 Å². The molecule has 5 fully saturated rings. The van der Waals surface area contributed by atoms with Gasteiger partial charge in [0.05, 0.1) is 12.3 Å². The number of cyclic esters (lactones) is 2. The van der Waals surface area contributed by atoms with Crippen molar-refractivity contribution in [1.82, 2.24) is 0 Å². The molecule has 1 aliphatic heterocycles. The lowest BCUT2D eigenvalue weighted by atomic mass is 9.61. The third-order valence-corrected chi connectivity index (χ3v) is 8.53. The SMILES string of the molecule is CC1C(C)C2CC1C1C3CC(CC4CC(=O)OC4=O)C(C3)C21. The molecule has 0 aromatic heterocycles. The summed E-state index contributed by atoms with van der Waals surface area (Å²) in [5, 5.41) is 0. The average Bonchev–Trinajstić information content (AvgIpc) is 3.21. The molecule has 0 spiro atoms. The number of carbonyl (C=O) groups excluding carboxylic acids is 2. The molecule has 4 saturated carbocycles. The van der Waals surface area contributed by atoms with E-state index in [1.54, 1.807) is 0 Å². The monoisotopic (exact) mass is 302 g/mol. The highest BCUT2D eigenvalue weighted by atomic mass is 16.6. The van der Waals surface area contributed by atoms with E-state index in [4.69, 9.17) is 4.74 Å². The molecule has 4 bridgehead atoms. The Labute approximate surface area is 132 Å². The Balaban J connectivity index is 1.34. The summed E-state index contributed by atoms with van der Waals surface area (Å²) < 4.78 is 4.75. The van der Waals surface area contributed by atoms with Crippen LogP contribution in [0.3, 0.4) is 0 Å². The van der Waals surface area contributed by atoms with Gasteiger partial charge in [0.2, 0.25) is 0 Å². The molecular weight excluding hydrogens is 276 g/mol. The molecule has 120 valence electrons. The lowest BCUT2D eigenvalue weighted by Gasteiger charge is -2.44. The van der Waals surface area contributed by atoms with Crippen molar-refractivity contribution in [3.63, 3.8) is 0 Å². The van der Waals surface area contributed by atoms with Gasteiger partial charge in [-0.1, -0.05) is 13.8 Å². The number of rotatable bonds is 2. The van der Waals surface area contributed by atoms with E-state index in [-0.39, 0.29) is 17.9 Å². The Morgan fingerprint density at radius 3 is 2.36 bits per heavy atom. The van der Waals surface area contributed by atoms with E-state index in [0.717, 1.165) is 53.8 Å². The molecule has 0 N–H and O–H groups in total. The first-order chi connectivity index (χ1) is 10.5. The summed E-state index contributed by atoms with van der Waals surface area (Å²) in [4.78, 5) is 23.1. The van der Waals surface area contributed by atoms with E-state index < -0.39 is 0 Å². The number of hydrogen-bond acceptors (Lipinski definition) is 3. The van der Waals surface area contributed by atoms with Crippen LogP contribution in [0.5, 0.6) is 0 Å². The Hall–Kier alpha value is -0.860. The van der Waals surface area contributed by atoms with Crippen molar-refractivity contribution in [3.8, 4) is 0 Å². The first-order valence-electron chi connectivity index (χ1n) is 9.29. The van der Waals surface area contributed by atoms with Crippen molar-refractivity contribution in [3.05, 3.63) is 0 Å². The fourth-order valence-electron chi connectivity index (χ4n) is 7.70. The summed E-state index contributed by atoms with van der Waals surface area (Å²) in [7, 11) is 0. The van der Waals surface area contributed by atoms with E-state index in [2.05, 4.69) is 13.8 Å². The molecule has 1 heterocycles. The number of carbonyl (C=O) groups is 2. The standard InChI is InChI=1S/C19H26O3/c1-8-9(2)14-7-13(8)17-11-3-10(15(5-11)18(14)17)4-12-6-16(20)22-19(12)21/h8-15,17-18H,3-7H2,1-2H3. The van der Waals surface area contributed by atoms with Crippen LogP contribution in [-0.2, 0) is 14.3 Å². The zero-order valence-corrected chi connectivity index (χ0v) is 13.5. The van der Waals surface area contributed by atoms with Crippen molar-refractivity contribution in [2.45, 2.75) is 46.0 Å². The van der Waals surface area contributed by atoms with E-state index in [1.807, 2.05) is 0 Å². The zero-order valence-electron chi connectivity index (χ0n) is 13.5. The molecule has 0 radical (unpaired) electrons. The molecule has 0 aromatic carbocycles. The van der Waals surface area contributed by atoms with E-state index in [9.17, 15) is 9.59 Å². The van der Waals surface area contributed by atoms with Crippen molar-refractivity contribution in [2.24, 2.45) is 59.2 Å². The molecule has 5 aliphatic rings. The predicted octanol–water partition coefficient (Wildman–Crippen LogP) is 3.28. The van der Waals surface area contributed by atoms with Crippen molar-refractivity contribution in [1.29, 1.82) is 0 Å². The highest BCUT2D eigenvalue weighted by Crippen LogP contribution is 2.71. The molecule has 3 heteroatoms. The summed E-state index contributed by atoms with van der Waals surface area (Å²) in [5.74, 6) is 7.42. The van der Waals surface area contributed by atoms with Gasteiger partial charge in [0.25, 0.3) is 0 Å². The van der Waals surface area contributed by atoms with E-state index >= 15 is 0 Å². The highest BCUT2D eigenvalue weighted by molar-refractivity contribution is 5.94. The minimum Gasteiger partial charge on any atom is -0.393 e. The van der Waals surface area contributed by atoms with Crippen LogP contribution in [0.15, 0.2) is 0 Å². The molecule has 3 nitrogen and oxygen atoms in total. The molecule has 1 saturated heterocycles. The first-order valence-corrected chi connectivity index (χ1v) is 9.29. The van der Waals surface area contributed by atoms with Crippen molar-refractivity contribution < 1.29 is 14.3 Å². The smallest absolute Gasteiger partial charge is 0.317 e. The van der Waals surface area contributed by atoms with Crippen LogP contribution in [0.1, 0.15) is 46.0 Å². The van der Waals surface area contributed by atoms with Crippen LogP contribution in [0.25, 0.3) is 0 Å². The lowest BCUT2D eigenvalue weighted by Crippen LogP contribution is -2.39. The largest absolute Gasteiger partial charge is 0.393 e. The number of fused-ring (bicyclic) bond motifs is 9. The van der Waals surface area contributed by atoms with Gasteiger partial charge in [-0.25, -0.2) is 0 Å². The molecule has 10 unspecified atom stereocenters. The minimum absolute atomic E-state index is 0.134. The van der Waals surface area contributed by atoms with Gasteiger partial charge >= 0.3 is 11.9 Å². The van der Waals surface area contributed by atoms with Crippen molar-refractivity contribution in [2.75, 3.05) is 0 Å². The molecule has 5 rings (SSSR count). The summed E-state index contributed by atoms with van der Waals surface area (Å²) in [6.07, 6.45) is 5.44. The fraction of sp³-hybridized carbons (Fsp3) is 0.895. The fourth-order valence-corrected chi connectivity index (χ4v) is 7.70. The van der Waals surface area contributed by atoms with E-state index in [0.29, 0.717) is 12.3 Å². The predicted molar refractivity (Wildman–Crippen MR) is 80.4 cm³/mol. The van der Waals surface area contributed by atoms with Crippen LogP contribution in [0.2, 0.25) is 0 Å². The molecule has 0 aromatic rings. The summed E-state index contributed by atoms with van der Waals surface area (Å²) >= 11 is 0. The molecule has 0 amide bonds. The normalized spacial score (nSPS) is 58.5. The third-order valence-electron chi connectivity index (χ3n) is 8.53. The van der Waals surface area contributed by atoms with Gasteiger partial charge in [-0.3, -0.25) is 9.59 Å². The number of ether oxygens (including phenoxy) is 1. The highest BCUT2D eigenvalue weighted by Gasteiger charge is 2.65. The maximum absolute atomic E-state index is 11.8.